The number of hydrogen-bond donors (Lipinski definition) is 1. The first-order valence-electron chi connectivity index (χ1n) is 10.1. The molecular weight excluding hydrogens is 408 g/mol. The van der Waals surface area contributed by atoms with E-state index in [1.165, 1.54) is 16.4 Å². The fourth-order valence-corrected chi connectivity index (χ4v) is 5.54. The smallest absolute Gasteiger partial charge is 0.243 e. The minimum absolute atomic E-state index is 0.0364. The summed E-state index contributed by atoms with van der Waals surface area (Å²) in [6.45, 7) is 0.699. The third-order valence-electron chi connectivity index (χ3n) is 5.83. The average molecular weight is 433 g/mol. The van der Waals surface area contributed by atoms with Gasteiger partial charge in [-0.1, -0.05) is 41.9 Å². The van der Waals surface area contributed by atoms with E-state index < -0.39 is 10.0 Å². The van der Waals surface area contributed by atoms with Crippen LogP contribution in [-0.4, -0.2) is 31.7 Å². The van der Waals surface area contributed by atoms with Gasteiger partial charge in [0.15, 0.2) is 0 Å². The minimum atomic E-state index is -3.55. The van der Waals surface area contributed by atoms with Gasteiger partial charge in [0.25, 0.3) is 0 Å². The lowest BCUT2D eigenvalue weighted by molar-refractivity contribution is -0.127. The van der Waals surface area contributed by atoms with Crippen LogP contribution in [0, 0.1) is 11.8 Å². The molecule has 0 unspecified atom stereocenters. The van der Waals surface area contributed by atoms with Crippen LogP contribution in [0.5, 0.6) is 0 Å². The molecule has 1 saturated carbocycles. The van der Waals surface area contributed by atoms with E-state index in [-0.39, 0.29) is 22.8 Å². The molecule has 29 heavy (non-hydrogen) atoms. The molecule has 7 heteroatoms. The van der Waals surface area contributed by atoms with Crippen LogP contribution in [0.4, 0.5) is 0 Å². The number of nitrogens with zero attached hydrogens (tertiary/aromatic N) is 1. The molecule has 1 heterocycles. The highest BCUT2D eigenvalue weighted by Gasteiger charge is 2.36. The number of carbonyl (C=O) groups excluding carboxylic acids is 1. The Hall–Kier alpha value is -1.89. The lowest BCUT2D eigenvalue weighted by Gasteiger charge is -2.31. The minimum Gasteiger partial charge on any atom is -0.349 e. The highest BCUT2D eigenvalue weighted by molar-refractivity contribution is 7.89. The van der Waals surface area contributed by atoms with Gasteiger partial charge in [0.2, 0.25) is 15.9 Å². The lowest BCUT2D eigenvalue weighted by atomic mass is 9.95. The molecule has 1 N–H and O–H groups in total. The first kappa shape index (κ1) is 20.4. The van der Waals surface area contributed by atoms with Crippen LogP contribution in [0.2, 0.25) is 5.02 Å². The molecule has 5 nitrogen and oxygen atoms in total. The number of piperidine rings is 1. The maximum absolute atomic E-state index is 12.9. The number of rotatable bonds is 6. The zero-order valence-electron chi connectivity index (χ0n) is 16.1. The van der Waals surface area contributed by atoms with Crippen molar-refractivity contribution in [3.63, 3.8) is 0 Å². The number of halogens is 1. The van der Waals surface area contributed by atoms with Gasteiger partial charge < -0.3 is 5.32 Å². The fraction of sp³-hybridized carbons (Fsp3) is 0.409. The summed E-state index contributed by atoms with van der Waals surface area (Å²) in [5.74, 6) is 0.387. The normalized spacial score (nSPS) is 19.6. The molecule has 0 bridgehead atoms. The summed E-state index contributed by atoms with van der Waals surface area (Å²) in [4.78, 5) is 13.1. The Labute approximate surface area is 177 Å². The number of hydrogen-bond acceptors (Lipinski definition) is 3. The van der Waals surface area contributed by atoms with Crippen LogP contribution in [0.3, 0.4) is 0 Å². The van der Waals surface area contributed by atoms with Crippen molar-refractivity contribution in [2.24, 2.45) is 11.8 Å². The summed E-state index contributed by atoms with van der Waals surface area (Å²) in [7, 11) is -3.55. The van der Waals surface area contributed by atoms with Gasteiger partial charge in [0, 0.05) is 24.0 Å². The van der Waals surface area contributed by atoms with E-state index in [1.54, 1.807) is 12.1 Å². The van der Waals surface area contributed by atoms with Crippen molar-refractivity contribution >= 4 is 27.5 Å². The van der Waals surface area contributed by atoms with E-state index in [1.807, 2.05) is 18.2 Å². The lowest BCUT2D eigenvalue weighted by Crippen LogP contribution is -2.43. The Morgan fingerprint density at radius 3 is 2.17 bits per heavy atom. The van der Waals surface area contributed by atoms with E-state index >= 15 is 0 Å². The van der Waals surface area contributed by atoms with Crippen molar-refractivity contribution < 1.29 is 13.2 Å². The quantitative estimate of drug-likeness (QED) is 0.749. The van der Waals surface area contributed by atoms with Gasteiger partial charge in [-0.3, -0.25) is 4.79 Å². The molecule has 2 aromatic carbocycles. The van der Waals surface area contributed by atoms with Crippen LogP contribution >= 0.6 is 11.6 Å². The standard InChI is InChI=1S/C22H25ClN2O3S/c23-19-8-10-20(11-9-19)29(27,28)25-14-12-18(13-15-25)22(26)24-21(17-6-7-17)16-4-2-1-3-5-16/h1-5,8-11,17-18,21H,6-7,12-15H2,(H,24,26)/t21-/m1/s1. The van der Waals surface area contributed by atoms with Crippen LogP contribution < -0.4 is 5.32 Å². The second-order valence-corrected chi connectivity index (χ2v) is 10.2. The van der Waals surface area contributed by atoms with E-state index in [9.17, 15) is 13.2 Å². The largest absolute Gasteiger partial charge is 0.349 e. The van der Waals surface area contributed by atoms with E-state index in [2.05, 4.69) is 17.4 Å². The number of benzene rings is 2. The van der Waals surface area contributed by atoms with Crippen LogP contribution in [0.25, 0.3) is 0 Å². The number of carbonyl (C=O) groups is 1. The van der Waals surface area contributed by atoms with Crippen LogP contribution in [-0.2, 0) is 14.8 Å². The monoisotopic (exact) mass is 432 g/mol. The zero-order chi connectivity index (χ0) is 20.4. The topological polar surface area (TPSA) is 66.5 Å². The number of sulfonamides is 1. The second kappa shape index (κ2) is 8.46. The molecule has 1 saturated heterocycles. The zero-order valence-corrected chi connectivity index (χ0v) is 17.7. The summed E-state index contributed by atoms with van der Waals surface area (Å²) >= 11 is 5.86. The molecule has 1 aliphatic carbocycles. The van der Waals surface area contributed by atoms with E-state index in [0.29, 0.717) is 36.9 Å². The number of amides is 1. The Kier molecular flexibility index (Phi) is 5.95. The summed E-state index contributed by atoms with van der Waals surface area (Å²) in [5, 5.41) is 3.74. The van der Waals surface area contributed by atoms with Gasteiger partial charge in [-0.05, 0) is 61.4 Å². The van der Waals surface area contributed by atoms with Gasteiger partial charge in [-0.25, -0.2) is 8.42 Å². The molecule has 4 rings (SSSR count). The van der Waals surface area contributed by atoms with Crippen molar-refractivity contribution in [3.8, 4) is 0 Å². The van der Waals surface area contributed by atoms with Crippen LogP contribution in [0.15, 0.2) is 59.5 Å². The van der Waals surface area contributed by atoms with Crippen molar-refractivity contribution in [1.82, 2.24) is 9.62 Å². The van der Waals surface area contributed by atoms with Crippen LogP contribution in [0.1, 0.15) is 37.3 Å². The van der Waals surface area contributed by atoms with Crippen molar-refractivity contribution in [1.29, 1.82) is 0 Å². The third kappa shape index (κ3) is 4.65. The first-order chi connectivity index (χ1) is 13.9. The predicted molar refractivity (Wildman–Crippen MR) is 113 cm³/mol. The van der Waals surface area contributed by atoms with Crippen molar-refractivity contribution in [3.05, 3.63) is 65.2 Å². The fourth-order valence-electron chi connectivity index (χ4n) is 3.95. The Balaban J connectivity index is 1.37. The van der Waals surface area contributed by atoms with Gasteiger partial charge in [-0.15, -0.1) is 0 Å². The molecule has 0 aromatic heterocycles. The summed E-state index contributed by atoms with van der Waals surface area (Å²) in [5.41, 5.74) is 1.14. The average Bonchev–Trinajstić information content (AvgIpc) is 3.58. The molecule has 2 aliphatic rings. The maximum Gasteiger partial charge on any atom is 0.243 e. The first-order valence-corrected chi connectivity index (χ1v) is 11.9. The highest BCUT2D eigenvalue weighted by atomic mass is 35.5. The molecule has 1 amide bonds. The summed E-state index contributed by atoms with van der Waals surface area (Å²) in [6, 6.07) is 16.4. The van der Waals surface area contributed by atoms with Gasteiger partial charge in [0.05, 0.1) is 10.9 Å². The SMILES string of the molecule is O=C(N[C@H](c1ccccc1)C1CC1)C1CCN(S(=O)(=O)c2ccc(Cl)cc2)CC1. The third-order valence-corrected chi connectivity index (χ3v) is 7.99. The van der Waals surface area contributed by atoms with E-state index in [0.717, 1.165) is 18.4 Å². The molecule has 0 radical (unpaired) electrons. The molecular formula is C22H25ClN2O3S. The summed E-state index contributed by atoms with van der Waals surface area (Å²) < 4.78 is 27.1. The second-order valence-electron chi connectivity index (χ2n) is 7.87. The molecule has 0 spiro atoms. The maximum atomic E-state index is 12.9. The highest BCUT2D eigenvalue weighted by Crippen LogP contribution is 2.41. The molecule has 1 aliphatic heterocycles. The molecule has 2 aromatic rings. The summed E-state index contributed by atoms with van der Waals surface area (Å²) in [6.07, 6.45) is 3.34. The van der Waals surface area contributed by atoms with E-state index in [4.69, 9.17) is 11.6 Å². The molecule has 2 fully saturated rings. The Bertz CT molecular complexity index is 951. The Morgan fingerprint density at radius 2 is 1.59 bits per heavy atom. The van der Waals surface area contributed by atoms with Crippen molar-refractivity contribution in [2.75, 3.05) is 13.1 Å². The van der Waals surface area contributed by atoms with Gasteiger partial charge >= 0.3 is 0 Å². The number of nitrogens with one attached hydrogen (secondary N) is 1. The van der Waals surface area contributed by atoms with Gasteiger partial charge in [-0.2, -0.15) is 4.31 Å². The van der Waals surface area contributed by atoms with Gasteiger partial charge in [0.1, 0.15) is 0 Å². The Morgan fingerprint density at radius 1 is 0.966 bits per heavy atom. The molecule has 1 atom stereocenters. The predicted octanol–water partition coefficient (Wildman–Crippen LogP) is 4.01. The molecule has 154 valence electrons. The van der Waals surface area contributed by atoms with Crippen molar-refractivity contribution in [2.45, 2.75) is 36.6 Å².